The van der Waals surface area contributed by atoms with Crippen LogP contribution in [0.1, 0.15) is 50.7 Å². The monoisotopic (exact) mass is 218 g/mol. The van der Waals surface area contributed by atoms with Crippen LogP contribution in [-0.4, -0.2) is 12.2 Å². The molecule has 0 radical (unpaired) electrons. The molecule has 0 amide bonds. The highest BCUT2D eigenvalue weighted by Gasteiger charge is 2.37. The molecule has 1 aliphatic rings. The molecular formula is C15H22O. The smallest absolute Gasteiger partial charge is 0.0847 e. The van der Waals surface area contributed by atoms with Gasteiger partial charge in [-0.15, -0.1) is 0 Å². The molecule has 16 heavy (non-hydrogen) atoms. The first-order chi connectivity index (χ1) is 7.74. The van der Waals surface area contributed by atoms with Crippen LogP contribution in [0.4, 0.5) is 0 Å². The SMILES string of the molecule is CCc1ccc(C(C)CC2OC2CC)cc1. The van der Waals surface area contributed by atoms with Gasteiger partial charge in [0.1, 0.15) is 0 Å². The first-order valence-corrected chi connectivity index (χ1v) is 6.48. The fourth-order valence-electron chi connectivity index (χ4n) is 2.31. The molecule has 1 saturated heterocycles. The number of hydrogen-bond acceptors (Lipinski definition) is 1. The van der Waals surface area contributed by atoms with E-state index in [1.807, 2.05) is 0 Å². The zero-order chi connectivity index (χ0) is 11.5. The Kier molecular flexibility index (Phi) is 3.65. The second-order valence-corrected chi connectivity index (χ2v) is 4.85. The molecule has 1 aromatic rings. The molecular weight excluding hydrogens is 196 g/mol. The van der Waals surface area contributed by atoms with Gasteiger partial charge in [0, 0.05) is 0 Å². The van der Waals surface area contributed by atoms with Gasteiger partial charge in [0.15, 0.2) is 0 Å². The molecule has 1 heterocycles. The second kappa shape index (κ2) is 5.01. The molecule has 1 nitrogen and oxygen atoms in total. The summed E-state index contributed by atoms with van der Waals surface area (Å²) < 4.78 is 5.60. The summed E-state index contributed by atoms with van der Waals surface area (Å²) in [5.41, 5.74) is 2.87. The van der Waals surface area contributed by atoms with Crippen LogP contribution in [0.15, 0.2) is 24.3 Å². The van der Waals surface area contributed by atoms with Crippen molar-refractivity contribution < 1.29 is 4.74 Å². The van der Waals surface area contributed by atoms with Gasteiger partial charge in [-0.2, -0.15) is 0 Å². The topological polar surface area (TPSA) is 12.5 Å². The Morgan fingerprint density at radius 1 is 1.12 bits per heavy atom. The maximum Gasteiger partial charge on any atom is 0.0847 e. The minimum Gasteiger partial charge on any atom is -0.370 e. The van der Waals surface area contributed by atoms with Crippen molar-refractivity contribution in [1.29, 1.82) is 0 Å². The molecule has 0 saturated carbocycles. The van der Waals surface area contributed by atoms with Gasteiger partial charge in [0.2, 0.25) is 0 Å². The molecule has 1 aliphatic heterocycles. The highest BCUT2D eigenvalue weighted by Crippen LogP contribution is 2.34. The fourth-order valence-corrected chi connectivity index (χ4v) is 2.31. The maximum absolute atomic E-state index is 5.60. The first kappa shape index (κ1) is 11.7. The Bertz CT molecular complexity index is 328. The lowest BCUT2D eigenvalue weighted by Crippen LogP contribution is -2.01. The molecule has 0 spiro atoms. The van der Waals surface area contributed by atoms with Gasteiger partial charge in [-0.3, -0.25) is 0 Å². The first-order valence-electron chi connectivity index (χ1n) is 6.48. The number of rotatable bonds is 5. The van der Waals surface area contributed by atoms with Crippen LogP contribution < -0.4 is 0 Å². The summed E-state index contributed by atoms with van der Waals surface area (Å²) in [5.74, 6) is 0.618. The lowest BCUT2D eigenvalue weighted by atomic mass is 9.94. The van der Waals surface area contributed by atoms with Crippen LogP contribution in [0, 0.1) is 0 Å². The van der Waals surface area contributed by atoms with Gasteiger partial charge < -0.3 is 4.74 Å². The second-order valence-electron chi connectivity index (χ2n) is 4.85. The Morgan fingerprint density at radius 2 is 1.81 bits per heavy atom. The summed E-state index contributed by atoms with van der Waals surface area (Å²) in [4.78, 5) is 0. The highest BCUT2D eigenvalue weighted by atomic mass is 16.6. The van der Waals surface area contributed by atoms with Crippen molar-refractivity contribution in [3.05, 3.63) is 35.4 Å². The average Bonchev–Trinajstić information content (AvgIpc) is 3.07. The summed E-state index contributed by atoms with van der Waals surface area (Å²) in [5, 5.41) is 0. The number of hydrogen-bond donors (Lipinski definition) is 0. The van der Waals surface area contributed by atoms with Crippen LogP contribution in [0.3, 0.4) is 0 Å². The molecule has 88 valence electrons. The Morgan fingerprint density at radius 3 is 2.31 bits per heavy atom. The predicted molar refractivity (Wildman–Crippen MR) is 67.8 cm³/mol. The molecule has 1 aromatic carbocycles. The molecule has 2 rings (SSSR count). The van der Waals surface area contributed by atoms with Crippen LogP contribution in [0.5, 0.6) is 0 Å². The summed E-state index contributed by atoms with van der Waals surface area (Å²) >= 11 is 0. The van der Waals surface area contributed by atoms with Crippen molar-refractivity contribution >= 4 is 0 Å². The van der Waals surface area contributed by atoms with Crippen molar-refractivity contribution in [1.82, 2.24) is 0 Å². The molecule has 0 N–H and O–H groups in total. The van der Waals surface area contributed by atoms with Gasteiger partial charge in [0.05, 0.1) is 12.2 Å². The third-order valence-electron chi connectivity index (χ3n) is 3.63. The normalized spacial score (nSPS) is 25.4. The Hall–Kier alpha value is -0.820. The number of benzene rings is 1. The number of aryl methyl sites for hydroxylation is 1. The van der Waals surface area contributed by atoms with Crippen molar-refractivity contribution in [2.24, 2.45) is 0 Å². The third kappa shape index (κ3) is 2.65. The van der Waals surface area contributed by atoms with Crippen LogP contribution in [-0.2, 0) is 11.2 Å². The van der Waals surface area contributed by atoms with Gasteiger partial charge >= 0.3 is 0 Å². The number of ether oxygens (including phenoxy) is 1. The summed E-state index contributed by atoms with van der Waals surface area (Å²) in [6, 6.07) is 9.04. The van der Waals surface area contributed by atoms with Crippen molar-refractivity contribution in [3.8, 4) is 0 Å². The van der Waals surface area contributed by atoms with E-state index in [0.717, 1.165) is 12.8 Å². The minimum absolute atomic E-state index is 0.519. The van der Waals surface area contributed by atoms with Gasteiger partial charge in [0.25, 0.3) is 0 Å². The maximum atomic E-state index is 5.60. The molecule has 0 bridgehead atoms. The van der Waals surface area contributed by atoms with E-state index in [1.165, 1.54) is 17.5 Å². The van der Waals surface area contributed by atoms with Gasteiger partial charge in [-0.05, 0) is 36.3 Å². The van der Waals surface area contributed by atoms with Crippen LogP contribution in [0.25, 0.3) is 0 Å². The summed E-state index contributed by atoms with van der Waals surface area (Å²) in [6.07, 6.45) is 4.51. The molecule has 0 aliphatic carbocycles. The quantitative estimate of drug-likeness (QED) is 0.682. The van der Waals surface area contributed by atoms with Crippen LogP contribution in [0.2, 0.25) is 0 Å². The van der Waals surface area contributed by atoms with Crippen LogP contribution >= 0.6 is 0 Å². The lowest BCUT2D eigenvalue weighted by Gasteiger charge is -2.10. The van der Waals surface area contributed by atoms with E-state index in [4.69, 9.17) is 4.74 Å². The summed E-state index contributed by atoms with van der Waals surface area (Å²) in [7, 11) is 0. The van der Waals surface area contributed by atoms with Crippen molar-refractivity contribution in [2.75, 3.05) is 0 Å². The minimum atomic E-state index is 0.519. The van der Waals surface area contributed by atoms with E-state index < -0.39 is 0 Å². The van der Waals surface area contributed by atoms with E-state index in [0.29, 0.717) is 18.1 Å². The predicted octanol–water partition coefficient (Wildman–Crippen LogP) is 3.92. The number of epoxide rings is 1. The Balaban J connectivity index is 1.90. The highest BCUT2D eigenvalue weighted by molar-refractivity contribution is 5.25. The zero-order valence-corrected chi connectivity index (χ0v) is 10.6. The standard InChI is InChI=1S/C15H22O/c1-4-12-6-8-13(9-7-12)11(3)10-15-14(5-2)16-15/h6-9,11,14-15H,4-5,10H2,1-3H3. The van der Waals surface area contributed by atoms with E-state index in [-0.39, 0.29) is 0 Å². The zero-order valence-electron chi connectivity index (χ0n) is 10.6. The van der Waals surface area contributed by atoms with E-state index >= 15 is 0 Å². The Labute approximate surface area is 98.8 Å². The average molecular weight is 218 g/mol. The van der Waals surface area contributed by atoms with Gasteiger partial charge in [-0.1, -0.05) is 45.0 Å². The van der Waals surface area contributed by atoms with E-state index in [1.54, 1.807) is 0 Å². The van der Waals surface area contributed by atoms with Crippen molar-refractivity contribution in [3.63, 3.8) is 0 Å². The largest absolute Gasteiger partial charge is 0.370 e. The molecule has 3 atom stereocenters. The van der Waals surface area contributed by atoms with Gasteiger partial charge in [-0.25, -0.2) is 0 Å². The fraction of sp³-hybridized carbons (Fsp3) is 0.600. The molecule has 0 aromatic heterocycles. The molecule has 1 heteroatoms. The van der Waals surface area contributed by atoms with Crippen molar-refractivity contribution in [2.45, 2.75) is 58.2 Å². The lowest BCUT2D eigenvalue weighted by molar-refractivity contribution is 0.353. The molecule has 1 fully saturated rings. The molecule has 3 unspecified atom stereocenters. The third-order valence-corrected chi connectivity index (χ3v) is 3.63. The van der Waals surface area contributed by atoms with E-state index in [2.05, 4.69) is 45.0 Å². The van der Waals surface area contributed by atoms with E-state index in [9.17, 15) is 0 Å². The summed E-state index contributed by atoms with van der Waals surface area (Å²) in [6.45, 7) is 6.70.